The fraction of sp³-hybridized carbons (Fsp3) is 1.00. The van der Waals surface area contributed by atoms with E-state index < -0.39 is 7.67 Å². The fourth-order valence-corrected chi connectivity index (χ4v) is 4.09. The minimum absolute atomic E-state index is 0.0976. The molecule has 8 heteroatoms. The molecule has 1 rings (SSSR count). The average Bonchev–Trinajstić information content (AvgIpc) is 2.61. The molecule has 0 aromatic heterocycles. The maximum Gasteiger partial charge on any atom is 0.343 e. The molecule has 0 saturated carbocycles. The van der Waals surface area contributed by atoms with Crippen LogP contribution in [0, 0.1) is 0 Å². The van der Waals surface area contributed by atoms with Crippen molar-refractivity contribution in [3.05, 3.63) is 0 Å². The first-order chi connectivity index (χ1) is 7.16. The van der Waals surface area contributed by atoms with Gasteiger partial charge in [0.15, 0.2) is 0 Å². The molecule has 1 heterocycles. The van der Waals surface area contributed by atoms with Crippen LogP contribution in [0.15, 0.2) is 0 Å². The van der Waals surface area contributed by atoms with Crippen LogP contribution in [-0.4, -0.2) is 53.9 Å². The van der Waals surface area contributed by atoms with Gasteiger partial charge in [0, 0.05) is 24.8 Å². The molecule has 0 spiro atoms. The Kier molecular flexibility index (Phi) is 5.85. The van der Waals surface area contributed by atoms with Gasteiger partial charge in [-0.2, -0.15) is 0 Å². The molecule has 0 radical (unpaired) electrons. The molecule has 1 fully saturated rings. The van der Waals surface area contributed by atoms with Crippen molar-refractivity contribution in [2.24, 2.45) is 0 Å². The van der Waals surface area contributed by atoms with Crippen molar-refractivity contribution in [2.45, 2.75) is 6.04 Å². The van der Waals surface area contributed by atoms with E-state index in [0.717, 1.165) is 0 Å². The molecule has 90 valence electrons. The lowest BCUT2D eigenvalue weighted by Gasteiger charge is -2.25. The average molecular weight is 277 g/mol. The summed E-state index contributed by atoms with van der Waals surface area (Å²) in [6, 6.07) is -0.274. The zero-order valence-corrected chi connectivity index (χ0v) is 10.6. The molecule has 5 nitrogen and oxygen atoms in total. The second-order valence-corrected chi connectivity index (χ2v) is 6.04. The second-order valence-electron chi connectivity index (χ2n) is 3.16. The Morgan fingerprint density at radius 3 is 2.47 bits per heavy atom. The monoisotopic (exact) mass is 276 g/mol. The van der Waals surface area contributed by atoms with Crippen molar-refractivity contribution in [3.63, 3.8) is 0 Å². The van der Waals surface area contributed by atoms with E-state index in [1.165, 1.54) is 0 Å². The third-order valence-corrected chi connectivity index (χ3v) is 4.75. The second kappa shape index (κ2) is 6.40. The van der Waals surface area contributed by atoms with Crippen LogP contribution in [0.4, 0.5) is 0 Å². The zero-order chi connectivity index (χ0) is 11.3. The van der Waals surface area contributed by atoms with Crippen molar-refractivity contribution in [2.75, 3.05) is 38.1 Å². The highest BCUT2D eigenvalue weighted by atomic mass is 35.5. The van der Waals surface area contributed by atoms with Gasteiger partial charge in [0.25, 0.3) is 0 Å². The van der Waals surface area contributed by atoms with E-state index in [9.17, 15) is 4.57 Å². The van der Waals surface area contributed by atoms with Gasteiger partial charge in [-0.3, -0.25) is 4.57 Å². The molecule has 0 aromatic carbocycles. The molecule has 1 saturated heterocycles. The Labute approximate surface area is 99.2 Å². The zero-order valence-electron chi connectivity index (χ0n) is 8.23. The van der Waals surface area contributed by atoms with Crippen molar-refractivity contribution >= 4 is 30.9 Å². The van der Waals surface area contributed by atoms with Gasteiger partial charge in [0.2, 0.25) is 0 Å². The number of hydrogen-bond donors (Lipinski definition) is 2. The van der Waals surface area contributed by atoms with E-state index in [4.69, 9.17) is 32.8 Å². The first-order valence-corrected chi connectivity index (χ1v) is 7.31. The largest absolute Gasteiger partial charge is 0.395 e. The number of rotatable bonds is 6. The van der Waals surface area contributed by atoms with Crippen LogP contribution in [0.3, 0.4) is 0 Å². The summed E-state index contributed by atoms with van der Waals surface area (Å²) in [4.78, 5) is 0. The minimum atomic E-state index is -3.03. The number of nitrogens with one attached hydrogen (secondary N) is 1. The Morgan fingerprint density at radius 1 is 1.47 bits per heavy atom. The maximum absolute atomic E-state index is 12.2. The molecule has 2 atom stereocenters. The van der Waals surface area contributed by atoms with Crippen LogP contribution < -0.4 is 5.09 Å². The van der Waals surface area contributed by atoms with Gasteiger partial charge < -0.3 is 9.63 Å². The van der Waals surface area contributed by atoms with Crippen LogP contribution in [0.1, 0.15) is 0 Å². The number of aliphatic hydroxyl groups excluding tert-OH is 1. The first-order valence-electron chi connectivity index (χ1n) is 4.67. The summed E-state index contributed by atoms with van der Waals surface area (Å²) in [5.74, 6) is 0.714. The maximum atomic E-state index is 12.2. The molecule has 0 unspecified atom stereocenters. The highest BCUT2D eigenvalue weighted by Crippen LogP contribution is 2.50. The lowest BCUT2D eigenvalue weighted by molar-refractivity contribution is 0.227. The summed E-state index contributed by atoms with van der Waals surface area (Å²) in [6.07, 6.45) is 0. The molecule has 1 aliphatic heterocycles. The Hall–Kier alpha value is 0.650. The van der Waals surface area contributed by atoms with E-state index in [1.54, 1.807) is 4.67 Å². The number of nitrogens with zero attached hydrogens (tertiary/aromatic N) is 1. The molecule has 0 amide bonds. The Bertz CT molecular complexity index is 238. The molecule has 15 heavy (non-hydrogen) atoms. The van der Waals surface area contributed by atoms with Crippen LogP contribution >= 0.6 is 30.9 Å². The summed E-state index contributed by atoms with van der Waals surface area (Å²) < 4.78 is 19.0. The van der Waals surface area contributed by atoms with Crippen molar-refractivity contribution in [1.82, 2.24) is 9.76 Å². The molecule has 0 bridgehead atoms. The lowest BCUT2D eigenvalue weighted by Crippen LogP contribution is -2.33. The summed E-state index contributed by atoms with van der Waals surface area (Å²) in [7, 11) is -3.03. The van der Waals surface area contributed by atoms with E-state index >= 15 is 0 Å². The summed E-state index contributed by atoms with van der Waals surface area (Å²) in [5.41, 5.74) is 0. The third kappa shape index (κ3) is 3.56. The molecule has 1 aliphatic rings. The smallest absolute Gasteiger partial charge is 0.343 e. The summed E-state index contributed by atoms with van der Waals surface area (Å²) >= 11 is 11.2. The third-order valence-electron chi connectivity index (χ3n) is 2.07. The highest BCUT2D eigenvalue weighted by molar-refractivity contribution is 7.54. The van der Waals surface area contributed by atoms with Crippen LogP contribution in [0.5, 0.6) is 0 Å². The first kappa shape index (κ1) is 13.7. The van der Waals surface area contributed by atoms with Crippen LogP contribution in [-0.2, 0) is 9.09 Å². The van der Waals surface area contributed by atoms with Gasteiger partial charge in [-0.05, 0) is 0 Å². The van der Waals surface area contributed by atoms with Crippen molar-refractivity contribution < 1.29 is 14.2 Å². The van der Waals surface area contributed by atoms with E-state index in [-0.39, 0.29) is 19.3 Å². The quantitative estimate of drug-likeness (QED) is 0.557. The predicted molar refractivity (Wildman–Crippen MR) is 60.6 cm³/mol. The molecular weight excluding hydrogens is 262 g/mol. The number of aliphatic hydroxyl groups is 1. The van der Waals surface area contributed by atoms with Gasteiger partial charge in [-0.25, -0.2) is 9.76 Å². The Balaban J connectivity index is 2.61. The molecule has 0 aromatic rings. The predicted octanol–water partition coefficient (Wildman–Crippen LogP) is 0.855. The number of alkyl halides is 2. The minimum Gasteiger partial charge on any atom is -0.395 e. The topological polar surface area (TPSA) is 61.8 Å². The van der Waals surface area contributed by atoms with Crippen molar-refractivity contribution in [1.29, 1.82) is 0 Å². The van der Waals surface area contributed by atoms with Gasteiger partial charge >= 0.3 is 7.67 Å². The van der Waals surface area contributed by atoms with E-state index in [1.807, 2.05) is 0 Å². The fourth-order valence-electron chi connectivity index (χ4n) is 1.32. The molecule has 0 aliphatic carbocycles. The number of hydrogen-bond acceptors (Lipinski definition) is 3. The SMILES string of the molecule is O=[P@@]1(N(CCCl)CCCl)N[C@@H](CO)CO1. The van der Waals surface area contributed by atoms with E-state index in [0.29, 0.717) is 24.8 Å². The normalized spacial score (nSPS) is 31.3. The standard InChI is InChI=1S/C7H15Cl2N2O3P/c8-1-3-11(4-2-9)15(13)10-7(5-12)6-14-15/h7,12H,1-6H2,(H,10,13)/t7-,15-/m0/s1. The van der Waals surface area contributed by atoms with Gasteiger partial charge in [0.05, 0.1) is 19.3 Å². The van der Waals surface area contributed by atoms with Gasteiger partial charge in [-0.1, -0.05) is 0 Å². The molecular formula is C7H15Cl2N2O3P. The van der Waals surface area contributed by atoms with Crippen LogP contribution in [0.25, 0.3) is 0 Å². The summed E-state index contributed by atoms with van der Waals surface area (Å²) in [5, 5.41) is 11.7. The number of halogens is 2. The highest BCUT2D eigenvalue weighted by Gasteiger charge is 2.39. The Morgan fingerprint density at radius 2 is 2.07 bits per heavy atom. The van der Waals surface area contributed by atoms with Crippen molar-refractivity contribution in [3.8, 4) is 0 Å². The van der Waals surface area contributed by atoms with Gasteiger partial charge in [-0.15, -0.1) is 23.2 Å². The summed E-state index contributed by atoms with van der Waals surface area (Å²) in [6.45, 7) is 1.03. The molecule has 2 N–H and O–H groups in total. The van der Waals surface area contributed by atoms with Gasteiger partial charge in [0.1, 0.15) is 0 Å². The van der Waals surface area contributed by atoms with Crippen LogP contribution in [0.2, 0.25) is 0 Å². The van der Waals surface area contributed by atoms with E-state index in [2.05, 4.69) is 5.09 Å². The lowest BCUT2D eigenvalue weighted by atomic mass is 10.4.